The number of nitrogens with two attached hydrogens (primary N) is 1. The van der Waals surface area contributed by atoms with Crippen molar-refractivity contribution in [2.75, 3.05) is 25.1 Å². The van der Waals surface area contributed by atoms with Crippen LogP contribution in [0.5, 0.6) is 5.88 Å². The quantitative estimate of drug-likeness (QED) is 0.929. The fourth-order valence-corrected chi connectivity index (χ4v) is 3.63. The van der Waals surface area contributed by atoms with Crippen LogP contribution in [-0.4, -0.2) is 31.2 Å². The highest BCUT2D eigenvalue weighted by atomic mass is 16.5. The lowest BCUT2D eigenvalue weighted by atomic mass is 9.84. The van der Waals surface area contributed by atoms with Crippen LogP contribution in [-0.2, 0) is 0 Å². The smallest absolute Gasteiger partial charge is 0.218 e. The zero-order valence-corrected chi connectivity index (χ0v) is 13.1. The highest BCUT2D eigenvalue weighted by Crippen LogP contribution is 2.37. The van der Waals surface area contributed by atoms with Crippen molar-refractivity contribution in [3.05, 3.63) is 17.7 Å². The normalized spacial score (nSPS) is 21.5. The molecular formula is C17H27N3O. The van der Waals surface area contributed by atoms with Gasteiger partial charge in [0.1, 0.15) is 5.82 Å². The van der Waals surface area contributed by atoms with E-state index in [1.54, 1.807) is 7.11 Å². The molecule has 0 amide bonds. The van der Waals surface area contributed by atoms with Gasteiger partial charge >= 0.3 is 0 Å². The van der Waals surface area contributed by atoms with Gasteiger partial charge in [0.05, 0.1) is 7.11 Å². The molecule has 1 saturated carbocycles. The van der Waals surface area contributed by atoms with Crippen molar-refractivity contribution in [3.63, 3.8) is 0 Å². The molecule has 1 aromatic heterocycles. The second kappa shape index (κ2) is 6.65. The molecule has 0 aromatic carbocycles. The van der Waals surface area contributed by atoms with Gasteiger partial charge in [-0.3, -0.25) is 0 Å². The van der Waals surface area contributed by atoms with Gasteiger partial charge in [-0.05, 0) is 43.7 Å². The molecular weight excluding hydrogens is 262 g/mol. The average Bonchev–Trinajstić information content (AvgIpc) is 2.56. The van der Waals surface area contributed by atoms with E-state index in [0.29, 0.717) is 12.0 Å². The van der Waals surface area contributed by atoms with Crippen molar-refractivity contribution >= 4 is 5.82 Å². The molecule has 2 heterocycles. The van der Waals surface area contributed by atoms with Crippen LogP contribution >= 0.6 is 0 Å². The third-order valence-electron chi connectivity index (χ3n) is 4.98. The van der Waals surface area contributed by atoms with Crippen LogP contribution in [0.3, 0.4) is 0 Å². The van der Waals surface area contributed by atoms with Gasteiger partial charge in [-0.1, -0.05) is 19.3 Å². The minimum absolute atomic E-state index is 0.352. The summed E-state index contributed by atoms with van der Waals surface area (Å²) in [5.74, 6) is 2.50. The van der Waals surface area contributed by atoms with Crippen molar-refractivity contribution in [3.8, 4) is 5.88 Å². The van der Waals surface area contributed by atoms with Crippen LogP contribution < -0.4 is 15.4 Å². The molecule has 4 heteroatoms. The standard InChI is InChI=1S/C17H27N3O/c1-21-17-15(13-5-3-2-4-6-13)7-8-16(19-17)20-11-9-14(18)10-12-20/h7-8,13-14H,2-6,9-12,18H2,1H3. The van der Waals surface area contributed by atoms with Gasteiger partial charge in [-0.25, -0.2) is 0 Å². The third-order valence-corrected chi connectivity index (χ3v) is 4.98. The second-order valence-electron chi connectivity index (χ2n) is 6.43. The third kappa shape index (κ3) is 3.31. The molecule has 21 heavy (non-hydrogen) atoms. The van der Waals surface area contributed by atoms with Gasteiger partial charge in [-0.15, -0.1) is 0 Å². The maximum atomic E-state index is 5.98. The van der Waals surface area contributed by atoms with E-state index in [4.69, 9.17) is 15.5 Å². The van der Waals surface area contributed by atoms with Crippen LogP contribution in [0.25, 0.3) is 0 Å². The molecule has 3 rings (SSSR count). The molecule has 116 valence electrons. The summed E-state index contributed by atoms with van der Waals surface area (Å²) in [6.07, 6.45) is 8.69. The van der Waals surface area contributed by atoms with E-state index in [-0.39, 0.29) is 0 Å². The lowest BCUT2D eigenvalue weighted by Crippen LogP contribution is -2.40. The number of aromatic nitrogens is 1. The molecule has 2 N–H and O–H groups in total. The maximum absolute atomic E-state index is 5.98. The van der Waals surface area contributed by atoms with Crippen molar-refractivity contribution in [2.24, 2.45) is 5.73 Å². The first-order chi connectivity index (χ1) is 10.3. The number of anilines is 1. The van der Waals surface area contributed by atoms with E-state index in [1.165, 1.54) is 37.7 Å². The Morgan fingerprint density at radius 2 is 1.81 bits per heavy atom. The van der Waals surface area contributed by atoms with Gasteiger partial charge in [-0.2, -0.15) is 4.98 Å². The van der Waals surface area contributed by atoms with E-state index < -0.39 is 0 Å². The maximum Gasteiger partial charge on any atom is 0.218 e. The molecule has 0 bridgehead atoms. The fraction of sp³-hybridized carbons (Fsp3) is 0.706. The number of ether oxygens (including phenoxy) is 1. The Kier molecular flexibility index (Phi) is 4.63. The molecule has 0 atom stereocenters. The summed E-state index contributed by atoms with van der Waals surface area (Å²) in [6, 6.07) is 4.76. The van der Waals surface area contributed by atoms with Crippen molar-refractivity contribution < 1.29 is 4.74 Å². The molecule has 1 aliphatic heterocycles. The summed E-state index contributed by atoms with van der Waals surface area (Å²) in [4.78, 5) is 7.11. The van der Waals surface area contributed by atoms with Gasteiger partial charge in [0.2, 0.25) is 5.88 Å². The van der Waals surface area contributed by atoms with Crippen LogP contribution in [0.1, 0.15) is 56.4 Å². The van der Waals surface area contributed by atoms with Crippen molar-refractivity contribution in [2.45, 2.75) is 56.9 Å². The molecule has 2 aliphatic rings. The largest absolute Gasteiger partial charge is 0.481 e. The molecule has 0 radical (unpaired) electrons. The number of nitrogens with zero attached hydrogens (tertiary/aromatic N) is 2. The molecule has 1 aliphatic carbocycles. The summed E-state index contributed by atoms with van der Waals surface area (Å²) in [5.41, 5.74) is 7.28. The minimum Gasteiger partial charge on any atom is -0.481 e. The molecule has 2 fully saturated rings. The summed E-state index contributed by atoms with van der Waals surface area (Å²) in [7, 11) is 1.74. The van der Waals surface area contributed by atoms with E-state index in [1.807, 2.05) is 0 Å². The Morgan fingerprint density at radius 3 is 2.48 bits per heavy atom. The highest BCUT2D eigenvalue weighted by molar-refractivity contribution is 5.45. The van der Waals surface area contributed by atoms with Crippen LogP contribution in [0.2, 0.25) is 0 Å². The average molecular weight is 289 g/mol. The predicted molar refractivity (Wildman–Crippen MR) is 86.0 cm³/mol. The van der Waals surface area contributed by atoms with E-state index in [0.717, 1.165) is 37.6 Å². The summed E-state index contributed by atoms with van der Waals surface area (Å²) < 4.78 is 5.59. The van der Waals surface area contributed by atoms with Crippen molar-refractivity contribution in [1.82, 2.24) is 4.98 Å². The zero-order chi connectivity index (χ0) is 14.7. The summed E-state index contributed by atoms with van der Waals surface area (Å²) >= 11 is 0. The monoisotopic (exact) mass is 289 g/mol. The zero-order valence-electron chi connectivity index (χ0n) is 13.1. The van der Waals surface area contributed by atoms with Gasteiger partial charge < -0.3 is 15.4 Å². The Labute approximate surface area is 127 Å². The first-order valence-corrected chi connectivity index (χ1v) is 8.33. The van der Waals surface area contributed by atoms with Gasteiger partial charge in [0.15, 0.2) is 0 Å². The molecule has 4 nitrogen and oxygen atoms in total. The topological polar surface area (TPSA) is 51.4 Å². The Hall–Kier alpha value is -1.29. The van der Waals surface area contributed by atoms with Crippen LogP contribution in [0.15, 0.2) is 12.1 Å². The lowest BCUT2D eigenvalue weighted by molar-refractivity contribution is 0.372. The fourth-order valence-electron chi connectivity index (χ4n) is 3.63. The number of piperidine rings is 1. The minimum atomic E-state index is 0.352. The molecule has 0 unspecified atom stereocenters. The Balaban J connectivity index is 1.78. The lowest BCUT2D eigenvalue weighted by Gasteiger charge is -2.32. The molecule has 1 saturated heterocycles. The Bertz CT molecular complexity index is 463. The Morgan fingerprint density at radius 1 is 1.10 bits per heavy atom. The van der Waals surface area contributed by atoms with Gasteiger partial charge in [0.25, 0.3) is 0 Å². The molecule has 1 aromatic rings. The first-order valence-electron chi connectivity index (χ1n) is 8.33. The SMILES string of the molecule is COc1nc(N2CCC(N)CC2)ccc1C1CCCCC1. The number of methoxy groups -OCH3 is 1. The highest BCUT2D eigenvalue weighted by Gasteiger charge is 2.22. The van der Waals surface area contributed by atoms with Gasteiger partial charge in [0, 0.05) is 24.7 Å². The van der Waals surface area contributed by atoms with E-state index in [2.05, 4.69) is 17.0 Å². The van der Waals surface area contributed by atoms with Crippen LogP contribution in [0, 0.1) is 0 Å². The summed E-state index contributed by atoms with van der Waals surface area (Å²) in [6.45, 7) is 2.00. The predicted octanol–water partition coefficient (Wildman–Crippen LogP) is 3.07. The number of pyridine rings is 1. The number of hydrogen-bond acceptors (Lipinski definition) is 4. The molecule has 0 spiro atoms. The van der Waals surface area contributed by atoms with Crippen molar-refractivity contribution in [1.29, 1.82) is 0 Å². The van der Waals surface area contributed by atoms with E-state index >= 15 is 0 Å². The number of hydrogen-bond donors (Lipinski definition) is 1. The summed E-state index contributed by atoms with van der Waals surface area (Å²) in [5, 5.41) is 0. The van der Waals surface area contributed by atoms with E-state index in [9.17, 15) is 0 Å². The number of rotatable bonds is 3. The second-order valence-corrected chi connectivity index (χ2v) is 6.43. The first kappa shape index (κ1) is 14.6. The van der Waals surface area contributed by atoms with Crippen LogP contribution in [0.4, 0.5) is 5.82 Å².